The molecule has 2 aliphatic rings. The summed E-state index contributed by atoms with van der Waals surface area (Å²) < 4.78 is 5.55. The number of hydrogen-bond acceptors (Lipinski definition) is 5. The van der Waals surface area contributed by atoms with Crippen LogP contribution in [-0.4, -0.2) is 37.8 Å². The normalized spacial score (nSPS) is 23.4. The van der Waals surface area contributed by atoms with Crippen LogP contribution in [0.2, 0.25) is 0 Å². The summed E-state index contributed by atoms with van der Waals surface area (Å²) in [5.74, 6) is 0. The Bertz CT molecular complexity index is 427. The Kier molecular flexibility index (Phi) is 4.91. The third kappa shape index (κ3) is 3.15. The average Bonchev–Trinajstić information content (AvgIpc) is 2.72. The van der Waals surface area contributed by atoms with Gasteiger partial charge in [0.1, 0.15) is 0 Å². The molecule has 1 aromatic rings. The quantitative estimate of drug-likeness (QED) is 0.927. The number of rotatable bonds is 4. The smallest absolute Gasteiger partial charge is 0.185 e. The van der Waals surface area contributed by atoms with Crippen LogP contribution in [0, 0.1) is 0 Å². The fraction of sp³-hybridized carbons (Fsp3) is 0.800. The Morgan fingerprint density at radius 3 is 3.20 bits per heavy atom. The van der Waals surface area contributed by atoms with Crippen molar-refractivity contribution in [3.63, 3.8) is 0 Å². The van der Waals surface area contributed by atoms with E-state index < -0.39 is 0 Å². The van der Waals surface area contributed by atoms with E-state index in [2.05, 4.69) is 17.1 Å². The number of nitrogens with one attached hydrogen (secondary N) is 1. The number of aromatic nitrogens is 1. The number of aryl methyl sites for hydroxylation is 1. The first-order valence-electron chi connectivity index (χ1n) is 7.94. The lowest BCUT2D eigenvalue weighted by Gasteiger charge is -2.22. The maximum absolute atomic E-state index is 5.55. The van der Waals surface area contributed by atoms with Gasteiger partial charge in [-0.1, -0.05) is 6.92 Å². The van der Waals surface area contributed by atoms with Crippen molar-refractivity contribution in [3.05, 3.63) is 10.6 Å². The zero-order valence-electron chi connectivity index (χ0n) is 12.4. The van der Waals surface area contributed by atoms with Crippen molar-refractivity contribution in [1.82, 2.24) is 10.3 Å². The Morgan fingerprint density at radius 2 is 2.30 bits per heavy atom. The summed E-state index contributed by atoms with van der Waals surface area (Å²) in [6.07, 6.45) is 6.04. The Hall–Kier alpha value is -0.650. The summed E-state index contributed by atoms with van der Waals surface area (Å²) in [7, 11) is 0. The molecule has 0 saturated carbocycles. The fourth-order valence-corrected chi connectivity index (χ4v) is 4.21. The summed E-state index contributed by atoms with van der Waals surface area (Å²) in [6.45, 7) is 7.11. The molecule has 1 aromatic heterocycles. The number of hydrogen-bond donors (Lipinski definition) is 1. The largest absolute Gasteiger partial charge is 0.380 e. The van der Waals surface area contributed by atoms with Gasteiger partial charge in [-0.3, -0.25) is 0 Å². The molecule has 1 aliphatic carbocycles. The molecule has 0 bridgehead atoms. The van der Waals surface area contributed by atoms with E-state index in [-0.39, 0.29) is 0 Å². The van der Waals surface area contributed by atoms with Crippen LogP contribution in [0.4, 0.5) is 5.13 Å². The van der Waals surface area contributed by atoms with Gasteiger partial charge in [-0.05, 0) is 38.6 Å². The van der Waals surface area contributed by atoms with Crippen LogP contribution < -0.4 is 10.2 Å². The maximum atomic E-state index is 5.55. The number of ether oxygens (including phenoxy) is 1. The molecule has 5 heteroatoms. The second-order valence-electron chi connectivity index (χ2n) is 5.66. The minimum atomic E-state index is 0.479. The number of thiazole rings is 1. The minimum absolute atomic E-state index is 0.479. The van der Waals surface area contributed by atoms with Crippen molar-refractivity contribution in [2.45, 2.75) is 45.1 Å². The summed E-state index contributed by atoms with van der Waals surface area (Å²) in [6, 6.07) is 0.479. The average molecular weight is 295 g/mol. The van der Waals surface area contributed by atoms with E-state index in [0.717, 1.165) is 39.3 Å². The molecule has 2 heterocycles. The number of fused-ring (bicyclic) bond motifs is 1. The van der Waals surface area contributed by atoms with Crippen molar-refractivity contribution >= 4 is 16.5 Å². The third-order valence-electron chi connectivity index (χ3n) is 4.08. The molecule has 0 radical (unpaired) electrons. The Morgan fingerprint density at radius 1 is 1.35 bits per heavy atom. The van der Waals surface area contributed by atoms with Crippen LogP contribution in [0.5, 0.6) is 0 Å². The summed E-state index contributed by atoms with van der Waals surface area (Å²) in [4.78, 5) is 8.89. The molecule has 112 valence electrons. The molecule has 0 amide bonds. The zero-order chi connectivity index (χ0) is 13.8. The molecular weight excluding hydrogens is 270 g/mol. The topological polar surface area (TPSA) is 37.4 Å². The van der Waals surface area contributed by atoms with Gasteiger partial charge in [-0.2, -0.15) is 0 Å². The van der Waals surface area contributed by atoms with Crippen LogP contribution >= 0.6 is 11.3 Å². The van der Waals surface area contributed by atoms with Crippen molar-refractivity contribution in [2.24, 2.45) is 0 Å². The molecule has 20 heavy (non-hydrogen) atoms. The fourth-order valence-electron chi connectivity index (χ4n) is 3.00. The van der Waals surface area contributed by atoms with Gasteiger partial charge in [0.25, 0.3) is 0 Å². The van der Waals surface area contributed by atoms with E-state index in [0.29, 0.717) is 6.04 Å². The molecule has 1 saturated heterocycles. The van der Waals surface area contributed by atoms with E-state index in [9.17, 15) is 0 Å². The first-order valence-corrected chi connectivity index (χ1v) is 8.76. The van der Waals surface area contributed by atoms with E-state index in [1.165, 1.54) is 41.4 Å². The van der Waals surface area contributed by atoms with E-state index in [1.807, 2.05) is 11.3 Å². The zero-order valence-corrected chi connectivity index (χ0v) is 13.2. The molecule has 1 N–H and O–H groups in total. The summed E-state index contributed by atoms with van der Waals surface area (Å²) >= 11 is 1.91. The van der Waals surface area contributed by atoms with Crippen molar-refractivity contribution < 1.29 is 4.74 Å². The van der Waals surface area contributed by atoms with Gasteiger partial charge >= 0.3 is 0 Å². The van der Waals surface area contributed by atoms with E-state index >= 15 is 0 Å². The summed E-state index contributed by atoms with van der Waals surface area (Å²) in [5.41, 5.74) is 1.33. The van der Waals surface area contributed by atoms with Gasteiger partial charge < -0.3 is 15.0 Å². The SMILES string of the molecule is CCCNC1CCCc2sc(N3CCCOCC3)nc21. The first kappa shape index (κ1) is 14.3. The molecule has 1 fully saturated rings. The van der Waals surface area contributed by atoms with Crippen LogP contribution in [-0.2, 0) is 11.2 Å². The molecule has 4 nitrogen and oxygen atoms in total. The van der Waals surface area contributed by atoms with E-state index in [1.54, 1.807) is 0 Å². The lowest BCUT2D eigenvalue weighted by atomic mass is 9.97. The van der Waals surface area contributed by atoms with Crippen LogP contribution in [0.15, 0.2) is 0 Å². The second-order valence-corrected chi connectivity index (χ2v) is 6.72. The molecule has 0 spiro atoms. The second kappa shape index (κ2) is 6.87. The highest BCUT2D eigenvalue weighted by Gasteiger charge is 2.26. The van der Waals surface area contributed by atoms with Crippen molar-refractivity contribution in [3.8, 4) is 0 Å². The van der Waals surface area contributed by atoms with Gasteiger partial charge in [0, 0.05) is 24.6 Å². The molecule has 1 unspecified atom stereocenters. The minimum Gasteiger partial charge on any atom is -0.380 e. The first-order chi connectivity index (χ1) is 9.88. The number of nitrogens with zero attached hydrogens (tertiary/aromatic N) is 2. The molecule has 1 atom stereocenters. The highest BCUT2D eigenvalue weighted by molar-refractivity contribution is 7.15. The Labute approximate surface area is 125 Å². The van der Waals surface area contributed by atoms with Crippen molar-refractivity contribution in [2.75, 3.05) is 37.7 Å². The molecule has 3 rings (SSSR count). The molecule has 0 aromatic carbocycles. The van der Waals surface area contributed by atoms with Gasteiger partial charge in [0.2, 0.25) is 0 Å². The lowest BCUT2D eigenvalue weighted by molar-refractivity contribution is 0.152. The molecular formula is C15H25N3OS. The third-order valence-corrected chi connectivity index (χ3v) is 5.27. The molecule has 1 aliphatic heterocycles. The van der Waals surface area contributed by atoms with Crippen LogP contribution in [0.3, 0.4) is 0 Å². The van der Waals surface area contributed by atoms with E-state index in [4.69, 9.17) is 9.72 Å². The predicted molar refractivity (Wildman–Crippen MR) is 83.7 cm³/mol. The van der Waals surface area contributed by atoms with Gasteiger partial charge in [-0.15, -0.1) is 11.3 Å². The Balaban J connectivity index is 1.75. The van der Waals surface area contributed by atoms with Crippen molar-refractivity contribution in [1.29, 1.82) is 0 Å². The predicted octanol–water partition coefficient (Wildman–Crippen LogP) is 2.75. The summed E-state index contributed by atoms with van der Waals surface area (Å²) in [5, 5.41) is 4.87. The number of anilines is 1. The highest BCUT2D eigenvalue weighted by atomic mass is 32.1. The van der Waals surface area contributed by atoms with Crippen LogP contribution in [0.1, 0.15) is 49.2 Å². The highest BCUT2D eigenvalue weighted by Crippen LogP contribution is 2.36. The maximum Gasteiger partial charge on any atom is 0.185 e. The van der Waals surface area contributed by atoms with Gasteiger partial charge in [0.15, 0.2) is 5.13 Å². The lowest BCUT2D eigenvalue weighted by Crippen LogP contribution is -2.27. The standard InChI is InChI=1S/C15H25N3OS/c1-2-7-16-12-5-3-6-13-14(12)17-15(20-13)18-8-4-10-19-11-9-18/h12,16H,2-11H2,1H3. The van der Waals surface area contributed by atoms with Crippen LogP contribution in [0.25, 0.3) is 0 Å². The monoisotopic (exact) mass is 295 g/mol. The van der Waals surface area contributed by atoms with Gasteiger partial charge in [-0.25, -0.2) is 4.98 Å². The van der Waals surface area contributed by atoms with Gasteiger partial charge in [0.05, 0.1) is 18.3 Å².